The third-order valence-corrected chi connectivity index (χ3v) is 9.24. The second kappa shape index (κ2) is 21.4. The number of alkyl carbamates (subject to hydrolysis) is 1. The smallest absolute Gasteiger partial charge is 0.407 e. The number of carbonyl (C=O) groups is 4. The van der Waals surface area contributed by atoms with Crippen LogP contribution >= 0.6 is 12.6 Å². The molecule has 0 fully saturated rings. The molecule has 52 heavy (non-hydrogen) atoms. The number of nitrogens with zero attached hydrogens (tertiary/aromatic N) is 1. The number of aliphatic hydroxyl groups excluding tert-OH is 1. The molecule has 3 rings (SSSR count). The minimum atomic E-state index is -1.04. The van der Waals surface area contributed by atoms with Crippen LogP contribution in [0.5, 0.6) is 0 Å². The molecule has 0 aromatic heterocycles. The molecule has 1 aliphatic heterocycles. The molecule has 284 valence electrons. The zero-order valence-electron chi connectivity index (χ0n) is 31.3. The molecule has 0 aliphatic carbocycles. The molecule has 1 unspecified atom stereocenters. The van der Waals surface area contributed by atoms with Crippen LogP contribution in [0.4, 0.5) is 4.79 Å². The summed E-state index contributed by atoms with van der Waals surface area (Å²) < 4.78 is 5.49. The third-order valence-electron chi connectivity index (χ3n) is 8.98. The fraction of sp³-hybridized carbons (Fsp3) is 0.525. The lowest BCUT2D eigenvalue weighted by atomic mass is 9.91. The lowest BCUT2D eigenvalue weighted by Crippen LogP contribution is -2.53. The van der Waals surface area contributed by atoms with Crippen LogP contribution in [0.2, 0.25) is 0 Å². The van der Waals surface area contributed by atoms with Gasteiger partial charge in [-0.1, -0.05) is 94.8 Å². The Morgan fingerprint density at radius 3 is 2.35 bits per heavy atom. The standard InChI is InChI=1S/C40H57N5O6S/c1-25(2)18-35(36(46)20-28(6)38(48)43-34(26(3)4)22-37(47)42-23-29-11-9-10-27(5)19-29)44-39(49)33(15-17-52)45-40(50)51-24-30-14-16-41-32-13-8-7-12-31(32)21-30/h7-14,16,19,21,25-26,28,30,33-36,46,52H,15,17-18,20,22-24H2,1-6H3,(H,42,47)(H,43,48)(H,44,49)(H,45,50)/t28-,30?,33+,34-,35+,36+/m1/s1. The van der Waals surface area contributed by atoms with Gasteiger partial charge in [0.05, 0.1) is 17.5 Å². The number of thiol groups is 1. The summed E-state index contributed by atoms with van der Waals surface area (Å²) in [6.07, 6.45) is 4.61. The Labute approximate surface area is 313 Å². The first-order chi connectivity index (χ1) is 24.7. The Hall–Kier alpha value is -4.16. The van der Waals surface area contributed by atoms with Crippen molar-refractivity contribution in [1.29, 1.82) is 0 Å². The first-order valence-corrected chi connectivity index (χ1v) is 18.9. The Kier molecular flexibility index (Phi) is 17.4. The average molecular weight is 736 g/mol. The predicted molar refractivity (Wildman–Crippen MR) is 207 cm³/mol. The molecule has 0 bridgehead atoms. The molecule has 0 saturated carbocycles. The van der Waals surface area contributed by atoms with Crippen molar-refractivity contribution >= 4 is 42.5 Å². The number of aliphatic hydroxyl groups is 1. The number of amides is 4. The van der Waals surface area contributed by atoms with Crippen molar-refractivity contribution in [2.45, 2.75) is 98.0 Å². The van der Waals surface area contributed by atoms with Crippen LogP contribution in [0, 0.1) is 30.6 Å². The number of para-hydroxylation sites is 1. The van der Waals surface area contributed by atoms with Gasteiger partial charge in [0.25, 0.3) is 0 Å². The van der Waals surface area contributed by atoms with E-state index in [1.807, 2.05) is 95.3 Å². The number of nitrogens with one attached hydrogen (secondary N) is 4. The van der Waals surface area contributed by atoms with Gasteiger partial charge < -0.3 is 31.1 Å². The summed E-state index contributed by atoms with van der Waals surface area (Å²) in [5, 5.41) is 24.6. The lowest BCUT2D eigenvalue weighted by molar-refractivity contribution is -0.127. The minimum absolute atomic E-state index is 0.00396. The number of aryl methyl sites for hydroxylation is 1. The summed E-state index contributed by atoms with van der Waals surface area (Å²) in [6, 6.07) is 13.6. The fourth-order valence-electron chi connectivity index (χ4n) is 5.93. The molecular weight excluding hydrogens is 679 g/mol. The van der Waals surface area contributed by atoms with Gasteiger partial charge in [0, 0.05) is 37.0 Å². The molecule has 12 heteroatoms. The van der Waals surface area contributed by atoms with Crippen LogP contribution in [0.1, 0.15) is 71.4 Å². The number of ether oxygens (including phenoxy) is 1. The van der Waals surface area contributed by atoms with Gasteiger partial charge in [-0.15, -0.1) is 0 Å². The van der Waals surface area contributed by atoms with E-state index in [1.54, 1.807) is 13.1 Å². The number of carbonyl (C=O) groups excluding carboxylic acids is 4. The fourth-order valence-corrected chi connectivity index (χ4v) is 6.19. The number of hydrogen-bond donors (Lipinski definition) is 6. The molecule has 2 aromatic carbocycles. The van der Waals surface area contributed by atoms with E-state index in [-0.39, 0.29) is 55.4 Å². The van der Waals surface area contributed by atoms with E-state index in [9.17, 15) is 24.3 Å². The van der Waals surface area contributed by atoms with Crippen molar-refractivity contribution in [2.24, 2.45) is 28.7 Å². The SMILES string of the molecule is Cc1cccc(CNC(=O)C[C@@H](NC(=O)[C@H](C)C[C@H](O)[C@H](CC(C)C)NC(=O)[C@H](CCS)NC(=O)OCC2C=CN=c3ccccc3=C2)C(C)C)c1. The van der Waals surface area contributed by atoms with E-state index in [0.717, 1.165) is 21.7 Å². The first-order valence-electron chi connectivity index (χ1n) is 18.2. The summed E-state index contributed by atoms with van der Waals surface area (Å²) in [7, 11) is 0. The minimum Gasteiger partial charge on any atom is -0.449 e. The molecular formula is C40H57N5O6S. The van der Waals surface area contributed by atoms with Crippen LogP contribution in [-0.2, 0) is 25.7 Å². The molecule has 0 radical (unpaired) electrons. The topological polar surface area (TPSA) is 158 Å². The highest BCUT2D eigenvalue weighted by atomic mass is 32.1. The Bertz CT molecular complexity index is 1650. The van der Waals surface area contributed by atoms with Crippen LogP contribution in [0.25, 0.3) is 6.08 Å². The van der Waals surface area contributed by atoms with Crippen molar-refractivity contribution in [1.82, 2.24) is 21.3 Å². The second-order valence-corrected chi connectivity index (χ2v) is 14.9. The highest BCUT2D eigenvalue weighted by Crippen LogP contribution is 2.18. The largest absolute Gasteiger partial charge is 0.449 e. The van der Waals surface area contributed by atoms with Crippen molar-refractivity contribution < 1.29 is 29.0 Å². The summed E-state index contributed by atoms with van der Waals surface area (Å²) in [6.45, 7) is 12.0. The average Bonchev–Trinajstić information content (AvgIpc) is 3.30. The van der Waals surface area contributed by atoms with Gasteiger partial charge >= 0.3 is 6.09 Å². The maximum Gasteiger partial charge on any atom is 0.407 e. The van der Waals surface area contributed by atoms with E-state index in [4.69, 9.17) is 4.74 Å². The van der Waals surface area contributed by atoms with Crippen molar-refractivity contribution in [3.8, 4) is 0 Å². The third kappa shape index (κ3) is 14.5. The second-order valence-electron chi connectivity index (χ2n) is 14.4. The number of fused-ring (bicyclic) bond motifs is 1. The quantitative estimate of drug-likeness (QED) is 0.121. The summed E-state index contributed by atoms with van der Waals surface area (Å²) in [5.41, 5.74) is 2.11. The zero-order valence-corrected chi connectivity index (χ0v) is 32.2. The summed E-state index contributed by atoms with van der Waals surface area (Å²) in [5.74, 6) is -1.28. The van der Waals surface area contributed by atoms with Crippen LogP contribution in [-0.4, -0.2) is 65.5 Å². The number of benzene rings is 2. The van der Waals surface area contributed by atoms with E-state index in [0.29, 0.717) is 18.7 Å². The summed E-state index contributed by atoms with van der Waals surface area (Å²) >= 11 is 4.28. The maximum absolute atomic E-state index is 13.5. The predicted octanol–water partition coefficient (Wildman–Crippen LogP) is 3.72. The molecule has 4 amide bonds. The normalized spacial score (nSPS) is 16.5. The van der Waals surface area contributed by atoms with E-state index < -0.39 is 42.1 Å². The molecule has 11 nitrogen and oxygen atoms in total. The Morgan fingerprint density at radius 1 is 0.923 bits per heavy atom. The Morgan fingerprint density at radius 2 is 1.65 bits per heavy atom. The molecule has 0 saturated heterocycles. The van der Waals surface area contributed by atoms with Gasteiger partial charge in [0.2, 0.25) is 17.7 Å². The number of hydrogen-bond acceptors (Lipinski definition) is 8. The molecule has 6 atom stereocenters. The zero-order chi connectivity index (χ0) is 38.2. The van der Waals surface area contributed by atoms with E-state index >= 15 is 0 Å². The van der Waals surface area contributed by atoms with Gasteiger partial charge in [-0.3, -0.25) is 19.4 Å². The van der Waals surface area contributed by atoms with E-state index in [1.165, 1.54) is 0 Å². The first kappa shape index (κ1) is 42.3. The monoisotopic (exact) mass is 735 g/mol. The van der Waals surface area contributed by atoms with Crippen molar-refractivity contribution in [3.63, 3.8) is 0 Å². The van der Waals surface area contributed by atoms with Crippen LogP contribution < -0.4 is 31.8 Å². The highest BCUT2D eigenvalue weighted by molar-refractivity contribution is 7.80. The van der Waals surface area contributed by atoms with Gasteiger partial charge in [0.15, 0.2) is 0 Å². The molecule has 5 N–H and O–H groups in total. The molecule has 1 aliphatic rings. The van der Waals surface area contributed by atoms with E-state index in [2.05, 4.69) is 38.9 Å². The van der Waals surface area contributed by atoms with Crippen LogP contribution in [0.3, 0.4) is 0 Å². The lowest BCUT2D eigenvalue weighted by Gasteiger charge is -2.30. The molecule has 2 aromatic rings. The van der Waals surface area contributed by atoms with Gasteiger partial charge in [-0.2, -0.15) is 12.6 Å². The number of rotatable bonds is 19. The molecule has 1 heterocycles. The Balaban J connectivity index is 1.55. The summed E-state index contributed by atoms with van der Waals surface area (Å²) in [4.78, 5) is 56.8. The van der Waals surface area contributed by atoms with Crippen LogP contribution in [0.15, 0.2) is 65.8 Å². The van der Waals surface area contributed by atoms with Crippen molar-refractivity contribution in [3.05, 3.63) is 82.5 Å². The van der Waals surface area contributed by atoms with Crippen molar-refractivity contribution in [2.75, 3.05) is 12.4 Å². The highest BCUT2D eigenvalue weighted by Gasteiger charge is 2.31. The molecule has 0 spiro atoms. The van der Waals surface area contributed by atoms with Gasteiger partial charge in [-0.25, -0.2) is 4.79 Å². The van der Waals surface area contributed by atoms with Gasteiger partial charge in [0.1, 0.15) is 12.6 Å². The van der Waals surface area contributed by atoms with Gasteiger partial charge in [-0.05, 0) is 60.6 Å². The maximum atomic E-state index is 13.5.